The van der Waals surface area contributed by atoms with Crippen LogP contribution < -0.4 is 0 Å². The van der Waals surface area contributed by atoms with Gasteiger partial charge in [0.2, 0.25) is 0 Å². The third-order valence-electron chi connectivity index (χ3n) is 3.50. The second-order valence-corrected chi connectivity index (χ2v) is 11.1. The fourth-order valence-corrected chi connectivity index (χ4v) is 3.32. The molecule has 2 unspecified atom stereocenters. The summed E-state index contributed by atoms with van der Waals surface area (Å²) in [6.07, 6.45) is 13.6. The third kappa shape index (κ3) is 3.89. The van der Waals surface area contributed by atoms with Gasteiger partial charge in [0.25, 0.3) is 0 Å². The molecule has 0 aromatic rings. The molecular weight excluding hydrogens is 220 g/mol. The topological polar surface area (TPSA) is 0 Å². The number of rotatable bonds is 4. The Morgan fingerprint density at radius 3 is 2.65 bits per heavy atom. The lowest BCUT2D eigenvalue weighted by Crippen LogP contribution is -2.16. The predicted octanol–water partition coefficient (Wildman–Crippen LogP) is 4.56. The van der Waals surface area contributed by atoms with E-state index in [9.17, 15) is 0 Å². The summed E-state index contributed by atoms with van der Waals surface area (Å²) in [6, 6.07) is 0. The molecule has 0 radical (unpaired) electrons. The molecular formula is C16H24Si. The normalized spacial score (nSPS) is 25.7. The molecule has 0 nitrogen and oxygen atoms in total. The Morgan fingerprint density at radius 1 is 1.24 bits per heavy atom. The quantitative estimate of drug-likeness (QED) is 0.294. The molecule has 17 heavy (non-hydrogen) atoms. The molecule has 2 rings (SSSR count). The molecule has 0 aromatic carbocycles. The predicted molar refractivity (Wildman–Crippen MR) is 78.4 cm³/mol. The van der Waals surface area contributed by atoms with Gasteiger partial charge in [-0.2, -0.15) is 0 Å². The number of unbranched alkanes of at least 4 members (excludes halogenated alkanes) is 2. The summed E-state index contributed by atoms with van der Waals surface area (Å²) in [5.41, 5.74) is 5.14. The Morgan fingerprint density at radius 2 is 2.06 bits per heavy atom. The lowest BCUT2D eigenvalue weighted by atomic mass is 9.97. The standard InChI is InChI=1S/C16H24Si/c1-17(2,3)11-7-5-4-6-8-15-12-14-9-10-16(15)13-14/h9-10,12,14,16H,4-6,8,13H2,1-3H3. The molecule has 0 aliphatic heterocycles. The first kappa shape index (κ1) is 12.7. The van der Waals surface area contributed by atoms with E-state index in [0.29, 0.717) is 0 Å². The summed E-state index contributed by atoms with van der Waals surface area (Å²) in [4.78, 5) is 0. The summed E-state index contributed by atoms with van der Waals surface area (Å²) < 4.78 is 0. The zero-order valence-corrected chi connectivity index (χ0v) is 12.4. The van der Waals surface area contributed by atoms with Crippen molar-refractivity contribution in [3.05, 3.63) is 23.8 Å². The Hall–Kier alpha value is -0.743. The van der Waals surface area contributed by atoms with Gasteiger partial charge < -0.3 is 0 Å². The van der Waals surface area contributed by atoms with Gasteiger partial charge in [-0.3, -0.25) is 0 Å². The lowest BCUT2D eigenvalue weighted by Gasteiger charge is -2.08. The second-order valence-electron chi connectivity index (χ2n) is 6.39. The largest absolute Gasteiger partial charge is 0.132 e. The molecule has 0 saturated carbocycles. The summed E-state index contributed by atoms with van der Waals surface area (Å²) in [5.74, 6) is 4.94. The van der Waals surface area contributed by atoms with E-state index >= 15 is 0 Å². The van der Waals surface area contributed by atoms with Gasteiger partial charge in [-0.1, -0.05) is 43.4 Å². The smallest absolute Gasteiger partial charge is 0.129 e. The van der Waals surface area contributed by atoms with Crippen LogP contribution in [0.4, 0.5) is 0 Å². The summed E-state index contributed by atoms with van der Waals surface area (Å²) >= 11 is 0. The van der Waals surface area contributed by atoms with Crippen LogP contribution in [0.2, 0.25) is 19.6 Å². The molecule has 2 atom stereocenters. The fraction of sp³-hybridized carbons (Fsp3) is 0.625. The highest BCUT2D eigenvalue weighted by Gasteiger charge is 2.26. The number of hydrogen-bond acceptors (Lipinski definition) is 0. The van der Waals surface area contributed by atoms with Crippen LogP contribution in [0.3, 0.4) is 0 Å². The Kier molecular flexibility index (Phi) is 3.94. The zero-order valence-electron chi connectivity index (χ0n) is 11.4. The zero-order chi connectivity index (χ0) is 12.3. The minimum Gasteiger partial charge on any atom is -0.132 e. The minimum atomic E-state index is -1.14. The van der Waals surface area contributed by atoms with Gasteiger partial charge in [0.05, 0.1) is 0 Å². The first-order valence-corrected chi connectivity index (χ1v) is 10.4. The lowest BCUT2D eigenvalue weighted by molar-refractivity contribution is 0.664. The van der Waals surface area contributed by atoms with Crippen LogP contribution in [0, 0.1) is 23.3 Å². The van der Waals surface area contributed by atoms with Gasteiger partial charge in [-0.05, 0) is 37.5 Å². The SMILES string of the molecule is C[Si](C)(C)C#CCCCCC1=CC2C=CC1C2. The number of hydrogen-bond donors (Lipinski definition) is 0. The Bertz CT molecular complexity index is 384. The first-order chi connectivity index (χ1) is 8.04. The molecule has 0 aromatic heterocycles. The highest BCUT2D eigenvalue weighted by molar-refractivity contribution is 6.83. The molecule has 0 amide bonds. The molecule has 2 aliphatic rings. The van der Waals surface area contributed by atoms with E-state index in [1.807, 2.05) is 0 Å². The van der Waals surface area contributed by atoms with Gasteiger partial charge in [0, 0.05) is 6.42 Å². The maximum Gasteiger partial charge on any atom is 0.129 e. The maximum atomic E-state index is 3.44. The first-order valence-electron chi connectivity index (χ1n) is 6.93. The van der Waals surface area contributed by atoms with Crippen LogP contribution in [0.25, 0.3) is 0 Å². The summed E-state index contributed by atoms with van der Waals surface area (Å²) in [5, 5.41) is 0. The van der Waals surface area contributed by atoms with Gasteiger partial charge >= 0.3 is 0 Å². The van der Waals surface area contributed by atoms with Crippen LogP contribution in [0.5, 0.6) is 0 Å². The highest BCUT2D eigenvalue weighted by atomic mass is 28.3. The van der Waals surface area contributed by atoms with Crippen molar-refractivity contribution in [2.75, 3.05) is 0 Å². The molecule has 0 saturated heterocycles. The van der Waals surface area contributed by atoms with E-state index in [1.54, 1.807) is 5.57 Å². The van der Waals surface area contributed by atoms with Crippen molar-refractivity contribution in [1.29, 1.82) is 0 Å². The van der Waals surface area contributed by atoms with Crippen LogP contribution in [0.15, 0.2) is 23.8 Å². The third-order valence-corrected chi connectivity index (χ3v) is 4.43. The molecule has 0 fully saturated rings. The van der Waals surface area contributed by atoms with Crippen molar-refractivity contribution in [2.45, 2.75) is 51.7 Å². The van der Waals surface area contributed by atoms with Crippen molar-refractivity contribution in [3.8, 4) is 11.5 Å². The molecule has 0 heterocycles. The van der Waals surface area contributed by atoms with Gasteiger partial charge in [0.15, 0.2) is 0 Å². The van der Waals surface area contributed by atoms with E-state index in [2.05, 4.69) is 49.3 Å². The second kappa shape index (κ2) is 5.27. The van der Waals surface area contributed by atoms with Crippen LogP contribution in [0.1, 0.15) is 32.1 Å². The summed E-state index contributed by atoms with van der Waals surface area (Å²) in [6.45, 7) is 6.94. The molecule has 1 heteroatoms. The molecule has 2 aliphatic carbocycles. The van der Waals surface area contributed by atoms with Crippen LogP contribution in [-0.2, 0) is 0 Å². The molecule has 92 valence electrons. The van der Waals surface area contributed by atoms with Crippen LogP contribution >= 0.6 is 0 Å². The van der Waals surface area contributed by atoms with E-state index in [0.717, 1.165) is 18.3 Å². The average Bonchev–Trinajstić information content (AvgIpc) is 2.83. The molecule has 0 spiro atoms. The average molecular weight is 244 g/mol. The van der Waals surface area contributed by atoms with Crippen molar-refractivity contribution in [2.24, 2.45) is 11.8 Å². The van der Waals surface area contributed by atoms with Gasteiger partial charge in [-0.25, -0.2) is 0 Å². The number of fused-ring (bicyclic) bond motifs is 2. The van der Waals surface area contributed by atoms with E-state index in [1.165, 1.54) is 25.7 Å². The van der Waals surface area contributed by atoms with Gasteiger partial charge in [-0.15, -0.1) is 11.5 Å². The Labute approximate surface area is 107 Å². The maximum absolute atomic E-state index is 3.44. The monoisotopic (exact) mass is 244 g/mol. The van der Waals surface area contributed by atoms with Crippen molar-refractivity contribution >= 4 is 8.07 Å². The molecule has 0 N–H and O–H groups in total. The molecule has 2 bridgehead atoms. The van der Waals surface area contributed by atoms with Crippen molar-refractivity contribution in [1.82, 2.24) is 0 Å². The van der Waals surface area contributed by atoms with E-state index in [4.69, 9.17) is 0 Å². The van der Waals surface area contributed by atoms with E-state index < -0.39 is 8.07 Å². The Balaban J connectivity index is 1.61. The van der Waals surface area contributed by atoms with E-state index in [-0.39, 0.29) is 0 Å². The fourth-order valence-electron chi connectivity index (χ4n) is 2.66. The van der Waals surface area contributed by atoms with Crippen molar-refractivity contribution in [3.63, 3.8) is 0 Å². The summed E-state index contributed by atoms with van der Waals surface area (Å²) in [7, 11) is -1.14. The van der Waals surface area contributed by atoms with Crippen LogP contribution in [-0.4, -0.2) is 8.07 Å². The highest BCUT2D eigenvalue weighted by Crippen LogP contribution is 2.40. The number of allylic oxidation sites excluding steroid dienone is 4. The minimum absolute atomic E-state index is 0.779. The van der Waals surface area contributed by atoms with Crippen molar-refractivity contribution < 1.29 is 0 Å². The van der Waals surface area contributed by atoms with Gasteiger partial charge in [0.1, 0.15) is 8.07 Å².